The van der Waals surface area contributed by atoms with E-state index in [0.29, 0.717) is 6.10 Å². The molecule has 0 saturated heterocycles. The van der Waals surface area contributed by atoms with Crippen molar-refractivity contribution in [2.45, 2.75) is 51.7 Å². The Morgan fingerprint density at radius 1 is 1.09 bits per heavy atom. The molecule has 1 aromatic heterocycles. The van der Waals surface area contributed by atoms with E-state index < -0.39 is 0 Å². The Balaban J connectivity index is 1.52. The first kappa shape index (κ1) is 14.8. The summed E-state index contributed by atoms with van der Waals surface area (Å²) >= 11 is 0. The minimum absolute atomic E-state index is 0.404. The number of aromatic nitrogens is 2. The van der Waals surface area contributed by atoms with Crippen molar-refractivity contribution in [3.63, 3.8) is 0 Å². The van der Waals surface area contributed by atoms with Crippen LogP contribution in [0.15, 0.2) is 36.7 Å². The number of aryl methyl sites for hydroxylation is 1. The smallest absolute Gasteiger partial charge is 0.129 e. The summed E-state index contributed by atoms with van der Waals surface area (Å²) in [5.74, 6) is 1.84. The number of ether oxygens (including phenoxy) is 1. The van der Waals surface area contributed by atoms with Crippen molar-refractivity contribution in [3.05, 3.63) is 47.9 Å². The fourth-order valence-corrected chi connectivity index (χ4v) is 2.81. The normalized spacial score (nSPS) is 15.5. The van der Waals surface area contributed by atoms with Gasteiger partial charge >= 0.3 is 0 Å². The molecule has 1 saturated carbocycles. The van der Waals surface area contributed by atoms with Crippen LogP contribution in [0.25, 0.3) is 0 Å². The second kappa shape index (κ2) is 7.25. The predicted molar refractivity (Wildman–Crippen MR) is 88.0 cm³/mol. The number of nitrogens with one attached hydrogen (secondary N) is 1. The molecule has 0 amide bonds. The first-order valence-electron chi connectivity index (χ1n) is 8.08. The van der Waals surface area contributed by atoms with Gasteiger partial charge in [0, 0.05) is 18.3 Å². The van der Waals surface area contributed by atoms with Crippen LogP contribution in [0.2, 0.25) is 0 Å². The zero-order chi connectivity index (χ0) is 15.2. The van der Waals surface area contributed by atoms with Crippen molar-refractivity contribution in [3.8, 4) is 5.75 Å². The summed E-state index contributed by atoms with van der Waals surface area (Å²) in [5, 5.41) is 3.31. The molecule has 0 spiro atoms. The summed E-state index contributed by atoms with van der Waals surface area (Å²) in [4.78, 5) is 8.30. The molecule has 0 atom stereocenters. The lowest BCUT2D eigenvalue weighted by Gasteiger charge is -2.23. The number of benzene rings is 1. The van der Waals surface area contributed by atoms with Gasteiger partial charge in [-0.05, 0) is 50.3 Å². The summed E-state index contributed by atoms with van der Waals surface area (Å²) in [6.45, 7) is 2.71. The van der Waals surface area contributed by atoms with Gasteiger partial charge in [-0.25, -0.2) is 9.97 Å². The second-order valence-corrected chi connectivity index (χ2v) is 5.92. The summed E-state index contributed by atoms with van der Waals surface area (Å²) in [5.41, 5.74) is 2.18. The number of hydrogen-bond acceptors (Lipinski definition) is 4. The molecule has 1 N–H and O–H groups in total. The van der Waals surface area contributed by atoms with Crippen LogP contribution in [0.1, 0.15) is 43.4 Å². The molecule has 0 unspecified atom stereocenters. The van der Waals surface area contributed by atoms with Gasteiger partial charge in [-0.3, -0.25) is 0 Å². The van der Waals surface area contributed by atoms with Crippen LogP contribution in [0, 0.1) is 6.92 Å². The van der Waals surface area contributed by atoms with E-state index in [2.05, 4.69) is 39.6 Å². The first-order chi connectivity index (χ1) is 10.8. The van der Waals surface area contributed by atoms with Gasteiger partial charge in [-0.1, -0.05) is 18.6 Å². The molecular weight excluding hydrogens is 274 g/mol. The van der Waals surface area contributed by atoms with E-state index in [0.717, 1.165) is 23.8 Å². The van der Waals surface area contributed by atoms with Crippen LogP contribution in [0.5, 0.6) is 5.75 Å². The van der Waals surface area contributed by atoms with Crippen molar-refractivity contribution in [2.24, 2.45) is 0 Å². The van der Waals surface area contributed by atoms with Crippen LogP contribution in [-0.2, 0) is 6.54 Å². The lowest BCUT2D eigenvalue weighted by atomic mass is 9.98. The Bertz CT molecular complexity index is 592. The van der Waals surface area contributed by atoms with Gasteiger partial charge < -0.3 is 10.1 Å². The average Bonchev–Trinajstić information content (AvgIpc) is 2.55. The maximum absolute atomic E-state index is 6.05. The molecule has 1 aromatic carbocycles. The van der Waals surface area contributed by atoms with E-state index in [1.54, 1.807) is 6.33 Å². The zero-order valence-electron chi connectivity index (χ0n) is 13.1. The van der Waals surface area contributed by atoms with Crippen molar-refractivity contribution < 1.29 is 4.74 Å². The third-order valence-electron chi connectivity index (χ3n) is 4.06. The zero-order valence-corrected chi connectivity index (χ0v) is 13.1. The quantitative estimate of drug-likeness (QED) is 0.902. The highest BCUT2D eigenvalue weighted by Gasteiger charge is 2.14. The van der Waals surface area contributed by atoms with Crippen LogP contribution in [0.3, 0.4) is 0 Å². The van der Waals surface area contributed by atoms with Gasteiger partial charge in [0.15, 0.2) is 0 Å². The maximum Gasteiger partial charge on any atom is 0.129 e. The Labute approximate surface area is 132 Å². The molecule has 3 rings (SSSR count). The van der Waals surface area contributed by atoms with Gasteiger partial charge in [-0.2, -0.15) is 0 Å². The molecule has 22 heavy (non-hydrogen) atoms. The minimum Gasteiger partial charge on any atom is -0.490 e. The lowest BCUT2D eigenvalue weighted by molar-refractivity contribution is 0.155. The van der Waals surface area contributed by atoms with Crippen LogP contribution < -0.4 is 10.1 Å². The van der Waals surface area contributed by atoms with Crippen LogP contribution in [0.4, 0.5) is 5.82 Å². The lowest BCUT2D eigenvalue weighted by Crippen LogP contribution is -2.19. The fourth-order valence-electron chi connectivity index (χ4n) is 2.81. The molecule has 1 aliphatic carbocycles. The Morgan fingerprint density at radius 3 is 2.59 bits per heavy atom. The molecule has 1 aliphatic rings. The third-order valence-corrected chi connectivity index (χ3v) is 4.06. The van der Waals surface area contributed by atoms with E-state index in [4.69, 9.17) is 4.74 Å². The summed E-state index contributed by atoms with van der Waals surface area (Å²) in [6, 6.07) is 10.3. The molecule has 4 heteroatoms. The molecule has 0 aliphatic heterocycles. The molecule has 0 radical (unpaired) electrons. The average molecular weight is 297 g/mol. The highest BCUT2D eigenvalue weighted by Crippen LogP contribution is 2.23. The summed E-state index contributed by atoms with van der Waals surface area (Å²) in [6.07, 6.45) is 8.32. The molecule has 4 nitrogen and oxygen atoms in total. The summed E-state index contributed by atoms with van der Waals surface area (Å²) < 4.78 is 6.05. The largest absolute Gasteiger partial charge is 0.490 e. The van der Waals surface area contributed by atoms with Crippen LogP contribution >= 0.6 is 0 Å². The minimum atomic E-state index is 0.404. The van der Waals surface area contributed by atoms with E-state index in [1.165, 1.54) is 37.7 Å². The van der Waals surface area contributed by atoms with Crippen molar-refractivity contribution in [1.29, 1.82) is 0 Å². The highest BCUT2D eigenvalue weighted by molar-refractivity contribution is 5.36. The Morgan fingerprint density at radius 2 is 1.86 bits per heavy atom. The van der Waals surface area contributed by atoms with Crippen LogP contribution in [-0.4, -0.2) is 16.1 Å². The summed E-state index contributed by atoms with van der Waals surface area (Å²) in [7, 11) is 0. The van der Waals surface area contributed by atoms with E-state index >= 15 is 0 Å². The molecule has 0 bridgehead atoms. The second-order valence-electron chi connectivity index (χ2n) is 5.92. The van der Waals surface area contributed by atoms with Crippen molar-refractivity contribution >= 4 is 5.82 Å². The topological polar surface area (TPSA) is 47.0 Å². The Hall–Kier alpha value is -2.10. The molecule has 2 aromatic rings. The van der Waals surface area contributed by atoms with Gasteiger partial charge in [0.25, 0.3) is 0 Å². The van der Waals surface area contributed by atoms with Gasteiger partial charge in [-0.15, -0.1) is 0 Å². The third kappa shape index (κ3) is 4.20. The Kier molecular flexibility index (Phi) is 4.88. The first-order valence-corrected chi connectivity index (χ1v) is 8.08. The number of rotatable bonds is 5. The maximum atomic E-state index is 6.05. The van der Waals surface area contributed by atoms with Crippen molar-refractivity contribution in [1.82, 2.24) is 9.97 Å². The highest BCUT2D eigenvalue weighted by atomic mass is 16.5. The SMILES string of the molecule is Cc1cc(NCc2ccc(OC3CCCCC3)cc2)ncn1. The monoisotopic (exact) mass is 297 g/mol. The van der Waals surface area contributed by atoms with Crippen molar-refractivity contribution in [2.75, 3.05) is 5.32 Å². The fraction of sp³-hybridized carbons (Fsp3) is 0.444. The molecule has 116 valence electrons. The number of hydrogen-bond donors (Lipinski definition) is 1. The molecule has 1 heterocycles. The van der Waals surface area contributed by atoms with E-state index in [9.17, 15) is 0 Å². The predicted octanol–water partition coefficient (Wildman–Crippen LogP) is 4.11. The van der Waals surface area contributed by atoms with Gasteiger partial charge in [0.2, 0.25) is 0 Å². The van der Waals surface area contributed by atoms with E-state index in [-0.39, 0.29) is 0 Å². The molecule has 1 fully saturated rings. The number of anilines is 1. The standard InChI is InChI=1S/C18H23N3O/c1-14-11-18(21-13-20-14)19-12-15-7-9-17(10-8-15)22-16-5-3-2-4-6-16/h7-11,13,16H,2-6,12H2,1H3,(H,19,20,21). The molecular formula is C18H23N3O. The van der Waals surface area contributed by atoms with E-state index in [1.807, 2.05) is 13.0 Å². The number of nitrogens with zero attached hydrogens (tertiary/aromatic N) is 2. The van der Waals surface area contributed by atoms with Gasteiger partial charge in [0.05, 0.1) is 6.10 Å². The van der Waals surface area contributed by atoms with Gasteiger partial charge in [0.1, 0.15) is 17.9 Å².